The van der Waals surface area contributed by atoms with Crippen LogP contribution in [0.5, 0.6) is 0 Å². The highest BCUT2D eigenvalue weighted by Gasteiger charge is 2.36. The Labute approximate surface area is 137 Å². The van der Waals surface area contributed by atoms with Crippen LogP contribution in [0.25, 0.3) is 0 Å². The predicted molar refractivity (Wildman–Crippen MR) is 80.0 cm³/mol. The summed E-state index contributed by atoms with van der Waals surface area (Å²) in [5.74, 6) is -0.687. The Morgan fingerprint density at radius 3 is 2.79 bits per heavy atom. The Balaban J connectivity index is 2.12. The second-order valence-electron chi connectivity index (χ2n) is 5.59. The molecule has 0 radical (unpaired) electrons. The van der Waals surface area contributed by atoms with Crippen LogP contribution in [-0.2, 0) is 4.79 Å². The van der Waals surface area contributed by atoms with E-state index >= 15 is 0 Å². The number of carbonyl (C=O) groups excluding carboxylic acids is 1. The van der Waals surface area contributed by atoms with Crippen molar-refractivity contribution in [1.82, 2.24) is 14.9 Å². The van der Waals surface area contributed by atoms with Crippen LogP contribution in [0.3, 0.4) is 0 Å². The summed E-state index contributed by atoms with van der Waals surface area (Å²) in [5, 5.41) is 9.10. The maximum absolute atomic E-state index is 12.6. The van der Waals surface area contributed by atoms with Crippen LogP contribution in [0.4, 0.5) is 19.0 Å². The van der Waals surface area contributed by atoms with E-state index in [1.54, 1.807) is 4.90 Å². The fraction of sp³-hybridized carbons (Fsp3) is 0.600. The third kappa shape index (κ3) is 4.34. The molecule has 1 aromatic rings. The monoisotopic (exact) mass is 341 g/mol. The van der Waals surface area contributed by atoms with Crippen LogP contribution >= 0.6 is 0 Å². The van der Waals surface area contributed by atoms with E-state index in [1.165, 1.54) is 19.3 Å². The van der Waals surface area contributed by atoms with E-state index in [9.17, 15) is 18.0 Å². The van der Waals surface area contributed by atoms with E-state index in [0.29, 0.717) is 25.2 Å². The van der Waals surface area contributed by atoms with Crippen molar-refractivity contribution < 1.29 is 18.0 Å². The number of anilines is 1. The molecule has 1 fully saturated rings. The molecule has 1 saturated heterocycles. The number of halogens is 3. The molecule has 6 nitrogen and oxygen atoms in total. The zero-order chi connectivity index (χ0) is 17.7. The van der Waals surface area contributed by atoms with E-state index in [2.05, 4.69) is 9.97 Å². The second kappa shape index (κ2) is 7.47. The van der Waals surface area contributed by atoms with Gasteiger partial charge in [-0.2, -0.15) is 18.4 Å². The van der Waals surface area contributed by atoms with Crippen molar-refractivity contribution in [2.24, 2.45) is 5.92 Å². The van der Waals surface area contributed by atoms with Crippen LogP contribution in [0.1, 0.15) is 25.5 Å². The Morgan fingerprint density at radius 2 is 2.17 bits per heavy atom. The number of rotatable bonds is 4. The molecular formula is C15H18F3N5O. The molecule has 0 saturated carbocycles. The summed E-state index contributed by atoms with van der Waals surface area (Å²) >= 11 is 0. The predicted octanol–water partition coefficient (Wildman–Crippen LogP) is 1.98. The van der Waals surface area contributed by atoms with E-state index in [-0.39, 0.29) is 18.8 Å². The molecule has 0 spiro atoms. The Morgan fingerprint density at radius 1 is 1.46 bits per heavy atom. The van der Waals surface area contributed by atoms with E-state index in [1.807, 2.05) is 6.07 Å². The van der Waals surface area contributed by atoms with E-state index in [0.717, 1.165) is 4.90 Å². The van der Waals surface area contributed by atoms with Crippen LogP contribution in [0.15, 0.2) is 12.4 Å². The lowest BCUT2D eigenvalue weighted by molar-refractivity contribution is -0.163. The maximum atomic E-state index is 12.6. The average molecular weight is 341 g/mol. The molecule has 0 N–H and O–H groups in total. The zero-order valence-corrected chi connectivity index (χ0v) is 13.3. The molecule has 1 amide bonds. The molecule has 1 unspecified atom stereocenters. The lowest BCUT2D eigenvalue weighted by Gasteiger charge is -2.35. The van der Waals surface area contributed by atoms with Crippen LogP contribution in [-0.4, -0.2) is 53.1 Å². The molecule has 0 aromatic carbocycles. The Bertz CT molecular complexity index is 628. The van der Waals surface area contributed by atoms with Gasteiger partial charge in [0.25, 0.3) is 0 Å². The number of nitrogens with zero attached hydrogens (tertiary/aromatic N) is 5. The lowest BCUT2D eigenvalue weighted by Crippen LogP contribution is -2.47. The molecule has 1 aliphatic heterocycles. The van der Waals surface area contributed by atoms with Gasteiger partial charge in [0.1, 0.15) is 12.6 Å². The van der Waals surface area contributed by atoms with Crippen LogP contribution < -0.4 is 4.90 Å². The van der Waals surface area contributed by atoms with Crippen molar-refractivity contribution in [2.45, 2.75) is 25.9 Å². The number of carbonyl (C=O) groups is 1. The largest absolute Gasteiger partial charge is 0.406 e. The minimum atomic E-state index is -4.42. The molecule has 24 heavy (non-hydrogen) atoms. The molecule has 1 aromatic heterocycles. The minimum Gasteiger partial charge on any atom is -0.353 e. The Hall–Kier alpha value is -2.37. The summed E-state index contributed by atoms with van der Waals surface area (Å²) in [6.45, 7) is 1.11. The normalized spacial score (nSPS) is 18.1. The fourth-order valence-corrected chi connectivity index (χ4v) is 2.83. The first-order valence-electron chi connectivity index (χ1n) is 7.67. The maximum Gasteiger partial charge on any atom is 0.406 e. The molecular weight excluding hydrogens is 323 g/mol. The topological polar surface area (TPSA) is 73.1 Å². The highest BCUT2D eigenvalue weighted by molar-refractivity contribution is 5.80. The van der Waals surface area contributed by atoms with Gasteiger partial charge in [0, 0.05) is 32.0 Å². The fourth-order valence-electron chi connectivity index (χ4n) is 2.83. The van der Waals surface area contributed by atoms with Gasteiger partial charge >= 0.3 is 6.18 Å². The van der Waals surface area contributed by atoms with E-state index < -0.39 is 24.5 Å². The molecule has 1 atom stereocenters. The summed E-state index contributed by atoms with van der Waals surface area (Å²) in [6.07, 6.45) is -0.410. The molecule has 0 aliphatic carbocycles. The third-order valence-corrected chi connectivity index (χ3v) is 3.92. The number of hydrogen-bond acceptors (Lipinski definition) is 5. The second-order valence-corrected chi connectivity index (χ2v) is 5.59. The highest BCUT2D eigenvalue weighted by Crippen LogP contribution is 2.26. The minimum absolute atomic E-state index is 0.00340. The summed E-state index contributed by atoms with van der Waals surface area (Å²) in [4.78, 5) is 23.1. The van der Waals surface area contributed by atoms with Crippen molar-refractivity contribution in [3.8, 4) is 6.07 Å². The molecule has 130 valence electrons. The van der Waals surface area contributed by atoms with Gasteiger partial charge in [0.15, 0.2) is 11.5 Å². The highest BCUT2D eigenvalue weighted by atomic mass is 19.4. The van der Waals surface area contributed by atoms with Crippen molar-refractivity contribution >= 4 is 11.7 Å². The van der Waals surface area contributed by atoms with Crippen molar-refractivity contribution in [3.63, 3.8) is 0 Å². The Kier molecular flexibility index (Phi) is 5.59. The summed E-state index contributed by atoms with van der Waals surface area (Å²) in [7, 11) is 0. The number of nitriles is 1. The first-order chi connectivity index (χ1) is 11.4. The smallest absolute Gasteiger partial charge is 0.353 e. The SMILES string of the molecule is CCN(CC(F)(F)F)C(=O)C1CCCN(c2nccnc2C#N)C1. The number of amides is 1. The van der Waals surface area contributed by atoms with Crippen molar-refractivity contribution in [1.29, 1.82) is 5.26 Å². The summed E-state index contributed by atoms with van der Waals surface area (Å²) < 4.78 is 37.8. The lowest BCUT2D eigenvalue weighted by atomic mass is 9.96. The molecule has 9 heteroatoms. The molecule has 2 heterocycles. The number of alkyl halides is 3. The van der Waals surface area contributed by atoms with Crippen LogP contribution in [0.2, 0.25) is 0 Å². The summed E-state index contributed by atoms with van der Waals surface area (Å²) in [5.41, 5.74) is 0.147. The van der Waals surface area contributed by atoms with Crippen LogP contribution in [0, 0.1) is 17.2 Å². The van der Waals surface area contributed by atoms with Gasteiger partial charge in [0.05, 0.1) is 5.92 Å². The molecule has 0 bridgehead atoms. The van der Waals surface area contributed by atoms with E-state index in [4.69, 9.17) is 5.26 Å². The van der Waals surface area contributed by atoms with Gasteiger partial charge in [-0.15, -0.1) is 0 Å². The number of hydrogen-bond donors (Lipinski definition) is 0. The molecule has 2 rings (SSSR count). The van der Waals surface area contributed by atoms with Gasteiger partial charge < -0.3 is 9.80 Å². The summed E-state index contributed by atoms with van der Waals surface area (Å²) in [6, 6.07) is 1.94. The van der Waals surface area contributed by atoms with Gasteiger partial charge in [-0.1, -0.05) is 0 Å². The molecule has 1 aliphatic rings. The van der Waals surface area contributed by atoms with Gasteiger partial charge in [-0.3, -0.25) is 4.79 Å². The number of aromatic nitrogens is 2. The quantitative estimate of drug-likeness (QED) is 0.837. The average Bonchev–Trinajstić information content (AvgIpc) is 2.58. The zero-order valence-electron chi connectivity index (χ0n) is 13.3. The van der Waals surface area contributed by atoms with Gasteiger partial charge in [-0.05, 0) is 19.8 Å². The van der Waals surface area contributed by atoms with Gasteiger partial charge in [-0.25, -0.2) is 9.97 Å². The van der Waals surface area contributed by atoms with Crippen molar-refractivity contribution in [2.75, 3.05) is 31.1 Å². The first-order valence-corrected chi connectivity index (χ1v) is 7.67. The van der Waals surface area contributed by atoms with Crippen molar-refractivity contribution in [3.05, 3.63) is 18.1 Å². The third-order valence-electron chi connectivity index (χ3n) is 3.92. The first kappa shape index (κ1) is 18.0. The van der Waals surface area contributed by atoms with Gasteiger partial charge in [0.2, 0.25) is 5.91 Å². The number of piperidine rings is 1. The standard InChI is InChI=1S/C15H18F3N5O/c1-2-22(10-15(16,17)18)14(24)11-4-3-7-23(9-11)13-12(8-19)20-5-6-21-13/h5-6,11H,2-4,7,9-10H2,1H3.